The summed E-state index contributed by atoms with van der Waals surface area (Å²) in [5.74, 6) is -0.584. The van der Waals surface area contributed by atoms with E-state index in [1.165, 1.54) is 12.8 Å². The molecular formula is C12H14BrFN2O3. The van der Waals surface area contributed by atoms with E-state index in [4.69, 9.17) is 4.74 Å². The molecule has 0 radical (unpaired) electrons. The van der Waals surface area contributed by atoms with Crippen molar-refractivity contribution in [2.45, 2.75) is 25.3 Å². The number of ether oxygens (including phenoxy) is 1. The molecule has 0 aliphatic heterocycles. The van der Waals surface area contributed by atoms with Gasteiger partial charge < -0.3 is 10.1 Å². The van der Waals surface area contributed by atoms with Gasteiger partial charge in [0.2, 0.25) is 5.75 Å². The lowest BCUT2D eigenvalue weighted by Crippen LogP contribution is -2.19. The first kappa shape index (κ1) is 14.2. The zero-order chi connectivity index (χ0) is 13.8. The number of hydrogen-bond acceptors (Lipinski definition) is 4. The molecule has 0 spiro atoms. The second kappa shape index (κ2) is 6.29. The topological polar surface area (TPSA) is 64.4 Å². The molecule has 1 aliphatic rings. The third-order valence-electron chi connectivity index (χ3n) is 2.76. The van der Waals surface area contributed by atoms with E-state index in [2.05, 4.69) is 21.2 Å². The summed E-state index contributed by atoms with van der Waals surface area (Å²) in [4.78, 5) is 10.2. The Hall–Kier alpha value is -1.21. The van der Waals surface area contributed by atoms with Gasteiger partial charge in [-0.2, -0.15) is 0 Å². The SMILES string of the molecule is O=[N+]([O-])c1cc(F)cc(Br)c1OCCCNC1CC1. The van der Waals surface area contributed by atoms with Gasteiger partial charge in [0.05, 0.1) is 22.1 Å². The Balaban J connectivity index is 1.91. The van der Waals surface area contributed by atoms with Crippen LogP contribution in [0.1, 0.15) is 19.3 Å². The van der Waals surface area contributed by atoms with Crippen LogP contribution >= 0.6 is 15.9 Å². The second-order valence-electron chi connectivity index (χ2n) is 4.42. The van der Waals surface area contributed by atoms with E-state index in [1.54, 1.807) is 0 Å². The maximum atomic E-state index is 13.1. The molecule has 1 fully saturated rings. The molecule has 1 aliphatic carbocycles. The van der Waals surface area contributed by atoms with Crippen LogP contribution in [0.3, 0.4) is 0 Å². The molecule has 0 bridgehead atoms. The minimum absolute atomic E-state index is 0.0813. The third-order valence-corrected chi connectivity index (χ3v) is 3.35. The Morgan fingerprint density at radius 2 is 2.26 bits per heavy atom. The zero-order valence-corrected chi connectivity index (χ0v) is 11.8. The van der Waals surface area contributed by atoms with E-state index < -0.39 is 10.7 Å². The molecule has 104 valence electrons. The molecule has 0 aromatic heterocycles. The smallest absolute Gasteiger partial charge is 0.315 e. The van der Waals surface area contributed by atoms with E-state index in [1.807, 2.05) is 0 Å². The molecule has 0 atom stereocenters. The average molecular weight is 333 g/mol. The van der Waals surface area contributed by atoms with Crippen LogP contribution in [0.2, 0.25) is 0 Å². The lowest BCUT2D eigenvalue weighted by atomic mass is 10.3. The van der Waals surface area contributed by atoms with E-state index in [0.29, 0.717) is 12.6 Å². The van der Waals surface area contributed by atoms with E-state index >= 15 is 0 Å². The molecule has 1 aromatic rings. The lowest BCUT2D eigenvalue weighted by molar-refractivity contribution is -0.386. The summed E-state index contributed by atoms with van der Waals surface area (Å²) in [6.07, 6.45) is 3.18. The Morgan fingerprint density at radius 1 is 1.53 bits per heavy atom. The van der Waals surface area contributed by atoms with Crippen LogP contribution in [-0.4, -0.2) is 24.1 Å². The first-order valence-corrected chi connectivity index (χ1v) is 6.87. The lowest BCUT2D eigenvalue weighted by Gasteiger charge is -2.09. The summed E-state index contributed by atoms with van der Waals surface area (Å²) >= 11 is 3.08. The Labute approximate surface area is 118 Å². The number of nitrogens with one attached hydrogen (secondary N) is 1. The molecule has 2 rings (SSSR count). The highest BCUT2D eigenvalue weighted by molar-refractivity contribution is 9.10. The second-order valence-corrected chi connectivity index (χ2v) is 5.28. The van der Waals surface area contributed by atoms with Gasteiger partial charge in [0.1, 0.15) is 5.82 Å². The van der Waals surface area contributed by atoms with Gasteiger partial charge in [-0.05, 0) is 47.8 Å². The average Bonchev–Trinajstić information content (AvgIpc) is 3.14. The fourth-order valence-electron chi connectivity index (χ4n) is 1.67. The molecule has 7 heteroatoms. The number of nitro groups is 1. The van der Waals surface area contributed by atoms with E-state index in [-0.39, 0.29) is 15.9 Å². The normalized spacial score (nSPS) is 14.4. The van der Waals surface area contributed by atoms with Crippen LogP contribution in [0, 0.1) is 15.9 Å². The van der Waals surface area contributed by atoms with Crippen LogP contribution in [0.5, 0.6) is 5.75 Å². The predicted octanol–water partition coefficient (Wildman–Crippen LogP) is 3.02. The van der Waals surface area contributed by atoms with Crippen LogP contribution < -0.4 is 10.1 Å². The third kappa shape index (κ3) is 4.14. The maximum Gasteiger partial charge on any atom is 0.315 e. The monoisotopic (exact) mass is 332 g/mol. The van der Waals surface area contributed by atoms with Gasteiger partial charge >= 0.3 is 5.69 Å². The minimum atomic E-state index is -0.665. The molecule has 19 heavy (non-hydrogen) atoms. The summed E-state index contributed by atoms with van der Waals surface area (Å²) in [6, 6.07) is 2.65. The summed E-state index contributed by atoms with van der Waals surface area (Å²) < 4.78 is 18.8. The highest BCUT2D eigenvalue weighted by atomic mass is 79.9. The van der Waals surface area contributed by atoms with Crippen LogP contribution in [0.4, 0.5) is 10.1 Å². The van der Waals surface area contributed by atoms with E-state index in [0.717, 1.165) is 25.1 Å². The number of rotatable bonds is 7. The predicted molar refractivity (Wildman–Crippen MR) is 71.9 cm³/mol. The highest BCUT2D eigenvalue weighted by Gasteiger charge is 2.21. The van der Waals surface area contributed by atoms with Gasteiger partial charge in [-0.3, -0.25) is 10.1 Å². The number of benzene rings is 1. The fourth-order valence-corrected chi connectivity index (χ4v) is 2.20. The molecule has 1 N–H and O–H groups in total. The Kier molecular flexibility index (Phi) is 4.71. The number of nitro benzene ring substituents is 1. The quantitative estimate of drug-likeness (QED) is 0.473. The van der Waals surface area contributed by atoms with Crippen molar-refractivity contribution >= 4 is 21.6 Å². The molecule has 0 saturated heterocycles. The van der Waals surface area contributed by atoms with Crippen molar-refractivity contribution in [3.63, 3.8) is 0 Å². The number of nitrogens with zero attached hydrogens (tertiary/aromatic N) is 1. The van der Waals surface area contributed by atoms with Crippen LogP contribution in [0.25, 0.3) is 0 Å². The summed E-state index contributed by atoms with van der Waals surface area (Å²) in [6.45, 7) is 1.17. The standard InChI is InChI=1S/C12H14BrFN2O3/c13-10-6-8(14)7-11(16(17)18)12(10)19-5-1-4-15-9-2-3-9/h6-7,9,15H,1-5H2. The molecule has 0 amide bonds. The summed E-state index contributed by atoms with van der Waals surface area (Å²) in [5.41, 5.74) is -0.359. The van der Waals surface area contributed by atoms with Gasteiger partial charge in [0.15, 0.2) is 0 Å². The van der Waals surface area contributed by atoms with Crippen molar-refractivity contribution < 1.29 is 14.1 Å². The molecule has 1 aromatic carbocycles. The van der Waals surface area contributed by atoms with Crippen molar-refractivity contribution in [3.8, 4) is 5.75 Å². The fraction of sp³-hybridized carbons (Fsp3) is 0.500. The molecule has 1 saturated carbocycles. The van der Waals surface area contributed by atoms with E-state index in [9.17, 15) is 14.5 Å². The molecule has 5 nitrogen and oxygen atoms in total. The summed E-state index contributed by atoms with van der Waals surface area (Å²) in [5, 5.41) is 14.2. The van der Waals surface area contributed by atoms with Gasteiger partial charge in [-0.25, -0.2) is 4.39 Å². The maximum absolute atomic E-state index is 13.1. The van der Waals surface area contributed by atoms with Crippen molar-refractivity contribution in [3.05, 3.63) is 32.5 Å². The number of halogens is 2. The molecular weight excluding hydrogens is 319 g/mol. The van der Waals surface area contributed by atoms with Gasteiger partial charge in [0.25, 0.3) is 0 Å². The van der Waals surface area contributed by atoms with Gasteiger partial charge in [0, 0.05) is 6.04 Å². The van der Waals surface area contributed by atoms with Crippen LogP contribution in [-0.2, 0) is 0 Å². The van der Waals surface area contributed by atoms with Crippen LogP contribution in [0.15, 0.2) is 16.6 Å². The minimum Gasteiger partial charge on any atom is -0.486 e. The van der Waals surface area contributed by atoms with Gasteiger partial charge in [-0.15, -0.1) is 0 Å². The molecule has 0 unspecified atom stereocenters. The molecule has 0 heterocycles. The highest BCUT2D eigenvalue weighted by Crippen LogP contribution is 2.35. The van der Waals surface area contributed by atoms with Crippen molar-refractivity contribution in [1.82, 2.24) is 5.32 Å². The first-order valence-electron chi connectivity index (χ1n) is 6.07. The Morgan fingerprint density at radius 3 is 2.89 bits per heavy atom. The van der Waals surface area contributed by atoms with Gasteiger partial charge in [-0.1, -0.05) is 0 Å². The summed E-state index contributed by atoms with van der Waals surface area (Å²) in [7, 11) is 0. The largest absolute Gasteiger partial charge is 0.486 e. The zero-order valence-electron chi connectivity index (χ0n) is 10.2. The Bertz CT molecular complexity index is 480. The van der Waals surface area contributed by atoms with Crippen molar-refractivity contribution in [1.29, 1.82) is 0 Å². The van der Waals surface area contributed by atoms with Crippen molar-refractivity contribution in [2.75, 3.05) is 13.2 Å². The first-order chi connectivity index (χ1) is 9.08. The van der Waals surface area contributed by atoms with Crippen molar-refractivity contribution in [2.24, 2.45) is 0 Å². The number of hydrogen-bond donors (Lipinski definition) is 1.